The maximum Gasteiger partial charge on any atom is 0.337 e. The summed E-state index contributed by atoms with van der Waals surface area (Å²) in [5.74, 6) is -9.88. The van der Waals surface area contributed by atoms with Gasteiger partial charge in [-0.1, -0.05) is 45.9 Å². The monoisotopic (exact) mass is 684 g/mol. The van der Waals surface area contributed by atoms with E-state index in [-0.39, 0.29) is 5.92 Å². The summed E-state index contributed by atoms with van der Waals surface area (Å²) in [5, 5.41) is 55.1. The second-order valence-electron chi connectivity index (χ2n) is 13.3. The van der Waals surface area contributed by atoms with Gasteiger partial charge in [0.15, 0.2) is 17.5 Å². The Kier molecular flexibility index (Phi) is 14.4. The molecule has 14 nitrogen and oxygen atoms in total. The molecule has 272 valence electrons. The van der Waals surface area contributed by atoms with Crippen molar-refractivity contribution in [3.8, 4) is 0 Å². The Labute approximate surface area is 281 Å². The third-order valence-corrected chi connectivity index (χ3v) is 9.62. The highest BCUT2D eigenvalue weighted by atomic mass is 16.6. The molecular weight excluding hydrogens is 632 g/mol. The fraction of sp³-hybridized carbons (Fsp3) is 0.735. The van der Waals surface area contributed by atoms with Gasteiger partial charge in [-0.25, -0.2) is 4.79 Å². The van der Waals surface area contributed by atoms with Crippen LogP contribution in [0.1, 0.15) is 61.8 Å². The van der Waals surface area contributed by atoms with Crippen LogP contribution < -0.4 is 0 Å². The number of methoxy groups -OCH3 is 1. The van der Waals surface area contributed by atoms with Crippen LogP contribution in [-0.2, 0) is 42.9 Å². The number of carbonyl (C=O) groups is 5. The maximum absolute atomic E-state index is 14.0. The molecule has 2 aliphatic heterocycles. The Bertz CT molecular complexity index is 1260. The average Bonchev–Trinajstić information content (AvgIpc) is 3.74. The van der Waals surface area contributed by atoms with E-state index >= 15 is 0 Å². The first-order valence-corrected chi connectivity index (χ1v) is 16.1. The van der Waals surface area contributed by atoms with Gasteiger partial charge in [0.1, 0.15) is 36.0 Å². The third-order valence-electron chi connectivity index (χ3n) is 9.62. The van der Waals surface area contributed by atoms with Crippen LogP contribution in [0.15, 0.2) is 23.8 Å². The standard InChI is InChI=1S/C34H52O14/c1-10-11-16(2)31-33(8,48-31)29(41)22-14-46-32(43)26(40)28(45-9)20(6)25(39)19(5)27(47-21(7)36)18(4)12-17(3)23(37)13-24(38)34(44,15-35)30(22)42/h10-12,16-17,19-20,22,24,26-29,31,35,38,40-41,44H,13-15H2,1-9H3/b11-10-,18-12+/t16-,17-,19-,20+,22+,24-,26+,27-,28-,29-,31+,33-,34-/m0/s1. The quantitative estimate of drug-likeness (QED) is 0.138. The summed E-state index contributed by atoms with van der Waals surface area (Å²) in [6.07, 6.45) is -5.10. The van der Waals surface area contributed by atoms with E-state index in [2.05, 4.69) is 0 Å². The molecule has 0 amide bonds. The molecule has 0 aromatic heterocycles. The number of epoxide rings is 1. The molecule has 0 aliphatic carbocycles. The number of ether oxygens (including phenoxy) is 4. The average molecular weight is 685 g/mol. The summed E-state index contributed by atoms with van der Waals surface area (Å²) in [6.45, 7) is 9.76. The van der Waals surface area contributed by atoms with Crippen molar-refractivity contribution < 1.29 is 68.5 Å². The second kappa shape index (κ2) is 16.7. The van der Waals surface area contributed by atoms with Crippen LogP contribution in [0.25, 0.3) is 0 Å². The molecular formula is C34H52O14. The van der Waals surface area contributed by atoms with E-state index < -0.39 is 120 Å². The van der Waals surface area contributed by atoms with Crippen molar-refractivity contribution in [3.05, 3.63) is 23.8 Å². The second-order valence-corrected chi connectivity index (χ2v) is 13.3. The first-order valence-electron chi connectivity index (χ1n) is 16.1. The summed E-state index contributed by atoms with van der Waals surface area (Å²) in [4.78, 5) is 66.0. The van der Waals surface area contributed by atoms with Gasteiger partial charge in [-0.2, -0.15) is 0 Å². The number of cyclic esters (lactones) is 1. The summed E-state index contributed by atoms with van der Waals surface area (Å²) in [7, 11) is 1.15. The number of esters is 2. The van der Waals surface area contributed by atoms with E-state index in [0.717, 1.165) is 14.0 Å². The van der Waals surface area contributed by atoms with Crippen LogP contribution in [0.4, 0.5) is 0 Å². The number of allylic oxidation sites excluding steroid dienone is 2. The normalized spacial score (nSPS) is 40.3. The van der Waals surface area contributed by atoms with Gasteiger partial charge in [-0.3, -0.25) is 19.2 Å². The zero-order valence-electron chi connectivity index (χ0n) is 29.1. The van der Waals surface area contributed by atoms with Crippen LogP contribution in [-0.4, -0.2) is 123 Å². The Balaban J connectivity index is 2.67. The molecule has 5 N–H and O–H groups in total. The molecule has 0 bridgehead atoms. The Morgan fingerprint density at radius 3 is 2.27 bits per heavy atom. The highest BCUT2D eigenvalue weighted by Gasteiger charge is 2.63. The molecule has 2 aliphatic rings. The van der Waals surface area contributed by atoms with Crippen LogP contribution in [0.2, 0.25) is 0 Å². The number of hydrogen-bond donors (Lipinski definition) is 5. The third kappa shape index (κ3) is 8.84. The first-order chi connectivity index (χ1) is 22.2. The number of Topliss-reactive ketones (excluding diaryl/α,β-unsaturated/α-hetero) is 3. The fourth-order valence-electron chi connectivity index (χ4n) is 6.51. The fourth-order valence-corrected chi connectivity index (χ4v) is 6.51. The van der Waals surface area contributed by atoms with Crippen molar-refractivity contribution in [2.24, 2.45) is 29.6 Å². The van der Waals surface area contributed by atoms with E-state index in [1.807, 2.05) is 13.0 Å². The number of rotatable bonds is 7. The first kappa shape index (κ1) is 41.3. The van der Waals surface area contributed by atoms with Crippen molar-refractivity contribution in [3.63, 3.8) is 0 Å². The minimum Gasteiger partial charge on any atom is -0.463 e. The van der Waals surface area contributed by atoms with Crippen LogP contribution in [0, 0.1) is 29.6 Å². The Hall–Kier alpha value is -2.85. The molecule has 0 aromatic carbocycles. The summed E-state index contributed by atoms with van der Waals surface area (Å²) in [6, 6.07) is 0. The Morgan fingerprint density at radius 1 is 1.15 bits per heavy atom. The molecule has 0 radical (unpaired) electrons. The number of carbonyl (C=O) groups excluding carboxylic acids is 5. The number of hydrogen-bond acceptors (Lipinski definition) is 14. The van der Waals surface area contributed by atoms with Gasteiger partial charge >= 0.3 is 11.9 Å². The number of ketones is 3. The van der Waals surface area contributed by atoms with Crippen molar-refractivity contribution in [1.29, 1.82) is 0 Å². The molecule has 0 spiro atoms. The predicted molar refractivity (Wildman–Crippen MR) is 169 cm³/mol. The lowest BCUT2D eigenvalue weighted by Crippen LogP contribution is -2.59. The van der Waals surface area contributed by atoms with Crippen LogP contribution in [0.3, 0.4) is 0 Å². The van der Waals surface area contributed by atoms with E-state index in [0.29, 0.717) is 5.57 Å². The molecule has 14 heteroatoms. The lowest BCUT2D eigenvalue weighted by Gasteiger charge is -2.36. The molecule has 2 rings (SSSR count). The molecule has 0 saturated carbocycles. The summed E-state index contributed by atoms with van der Waals surface area (Å²) < 4.78 is 21.8. The van der Waals surface area contributed by atoms with Crippen LogP contribution in [0.5, 0.6) is 0 Å². The largest absolute Gasteiger partial charge is 0.463 e. The molecule has 1 fully saturated rings. The van der Waals surface area contributed by atoms with Gasteiger partial charge < -0.3 is 44.5 Å². The van der Waals surface area contributed by atoms with Crippen LogP contribution >= 0.6 is 0 Å². The number of aliphatic hydroxyl groups is 5. The zero-order chi connectivity index (χ0) is 36.9. The van der Waals surface area contributed by atoms with E-state index in [9.17, 15) is 49.5 Å². The van der Waals surface area contributed by atoms with Crippen molar-refractivity contribution >= 4 is 29.3 Å². The lowest BCUT2D eigenvalue weighted by molar-refractivity contribution is -0.177. The van der Waals surface area contributed by atoms with Gasteiger partial charge in [-0.05, 0) is 26.3 Å². The summed E-state index contributed by atoms with van der Waals surface area (Å²) in [5.41, 5.74) is -4.10. The molecule has 2 heterocycles. The van der Waals surface area contributed by atoms with Crippen molar-refractivity contribution in [1.82, 2.24) is 0 Å². The minimum absolute atomic E-state index is 0.226. The SMILES string of the molecule is C/C=C\[C@H](C)[C@H]1O[C@@]1(C)[C@@H](O)[C@H]1COC(=O)[C@H](O)[C@@H](OC)[C@H](C)C(=O)[C@H](C)[C@@H](OC(C)=O)/C(C)=C/[C@H](C)C(=O)C[C@H](O)[C@@](O)(CO)C1=O. The van der Waals surface area contributed by atoms with E-state index in [1.165, 1.54) is 40.7 Å². The van der Waals surface area contributed by atoms with Gasteiger partial charge in [0.2, 0.25) is 0 Å². The Morgan fingerprint density at radius 2 is 1.75 bits per heavy atom. The zero-order valence-corrected chi connectivity index (χ0v) is 29.1. The van der Waals surface area contributed by atoms with Gasteiger partial charge in [0, 0.05) is 38.2 Å². The minimum atomic E-state index is -3.00. The van der Waals surface area contributed by atoms with Crippen molar-refractivity contribution in [2.75, 3.05) is 20.3 Å². The van der Waals surface area contributed by atoms with Gasteiger partial charge in [0.05, 0.1) is 36.8 Å². The molecule has 48 heavy (non-hydrogen) atoms. The summed E-state index contributed by atoms with van der Waals surface area (Å²) >= 11 is 0. The van der Waals surface area contributed by atoms with E-state index in [1.54, 1.807) is 13.0 Å². The highest BCUT2D eigenvalue weighted by molar-refractivity contribution is 5.93. The van der Waals surface area contributed by atoms with Gasteiger partial charge in [-0.15, -0.1) is 0 Å². The smallest absolute Gasteiger partial charge is 0.337 e. The molecule has 13 atom stereocenters. The van der Waals surface area contributed by atoms with E-state index in [4.69, 9.17) is 18.9 Å². The topological polar surface area (TPSA) is 227 Å². The van der Waals surface area contributed by atoms with Gasteiger partial charge in [0.25, 0.3) is 0 Å². The van der Waals surface area contributed by atoms with Crippen molar-refractivity contribution in [2.45, 2.75) is 110 Å². The molecule has 0 aromatic rings. The number of aliphatic hydroxyl groups excluding tert-OH is 4. The maximum atomic E-state index is 14.0. The highest BCUT2D eigenvalue weighted by Crippen LogP contribution is 2.47. The predicted octanol–water partition coefficient (Wildman–Crippen LogP) is 0.234. The molecule has 0 unspecified atom stereocenters. The molecule has 1 saturated heterocycles. The lowest BCUT2D eigenvalue weighted by atomic mass is 9.76.